The number of ether oxygens (including phenoxy) is 1. The molecule has 0 aliphatic rings. The molecule has 1 rings (SSSR count). The van der Waals surface area contributed by atoms with Crippen molar-refractivity contribution < 1.29 is 13.2 Å². The maximum Gasteiger partial charge on any atom is 0.191 e. The number of nitrogens with zero attached hydrogens (tertiary/aromatic N) is 1. The first-order chi connectivity index (χ1) is 12.2. The summed E-state index contributed by atoms with van der Waals surface area (Å²) in [6.07, 6.45) is 1.86. The molecule has 0 unspecified atom stereocenters. The van der Waals surface area contributed by atoms with Gasteiger partial charge in [0.15, 0.2) is 5.96 Å². The van der Waals surface area contributed by atoms with Crippen LogP contribution in [0.2, 0.25) is 0 Å². The molecule has 0 heterocycles. The van der Waals surface area contributed by atoms with Crippen LogP contribution in [0.15, 0.2) is 35.3 Å². The van der Waals surface area contributed by atoms with E-state index in [1.807, 2.05) is 51.1 Å². The van der Waals surface area contributed by atoms with E-state index in [9.17, 15) is 8.42 Å². The van der Waals surface area contributed by atoms with Gasteiger partial charge in [0.2, 0.25) is 0 Å². The zero-order valence-corrected chi connectivity index (χ0v) is 17.2. The first kappa shape index (κ1) is 22.4. The summed E-state index contributed by atoms with van der Waals surface area (Å²) in [4.78, 5) is 4.59. The third-order valence-electron chi connectivity index (χ3n) is 3.81. The lowest BCUT2D eigenvalue weighted by Gasteiger charge is -2.22. The van der Waals surface area contributed by atoms with Crippen LogP contribution in [0.3, 0.4) is 0 Å². The van der Waals surface area contributed by atoms with E-state index in [-0.39, 0.29) is 11.2 Å². The van der Waals surface area contributed by atoms with E-state index in [0.29, 0.717) is 32.7 Å². The Bertz CT molecular complexity index is 643. The molecule has 26 heavy (non-hydrogen) atoms. The molecule has 7 heteroatoms. The minimum absolute atomic E-state index is 0.171. The van der Waals surface area contributed by atoms with Crippen molar-refractivity contribution >= 4 is 15.8 Å². The fourth-order valence-corrected chi connectivity index (χ4v) is 3.10. The Morgan fingerprint density at radius 3 is 2.50 bits per heavy atom. The van der Waals surface area contributed by atoms with Crippen LogP contribution in [-0.4, -0.2) is 52.6 Å². The van der Waals surface area contributed by atoms with Crippen molar-refractivity contribution in [1.29, 1.82) is 0 Å². The number of rotatable bonds is 11. The summed E-state index contributed by atoms with van der Waals surface area (Å²) in [5, 5.41) is 6.45. The van der Waals surface area contributed by atoms with Crippen molar-refractivity contribution in [3.05, 3.63) is 35.9 Å². The molecule has 0 radical (unpaired) electrons. The minimum atomic E-state index is -2.95. The Hall–Kier alpha value is -1.60. The molecule has 1 aromatic carbocycles. The molecule has 0 aliphatic carbocycles. The summed E-state index contributed by atoms with van der Waals surface area (Å²) in [6, 6.07) is 10.1. The van der Waals surface area contributed by atoms with Crippen LogP contribution in [0.5, 0.6) is 0 Å². The Balaban J connectivity index is 2.37. The summed E-state index contributed by atoms with van der Waals surface area (Å²) >= 11 is 0. The van der Waals surface area contributed by atoms with Gasteiger partial charge in [0.1, 0.15) is 9.84 Å². The molecule has 0 fully saturated rings. The lowest BCUT2D eigenvalue weighted by atomic mass is 9.90. The number of sulfone groups is 1. The second-order valence-corrected chi connectivity index (χ2v) is 9.46. The van der Waals surface area contributed by atoms with Crippen molar-refractivity contribution in [2.45, 2.75) is 33.8 Å². The fraction of sp³-hybridized carbons (Fsp3) is 0.632. The number of hydrogen-bond donors (Lipinski definition) is 2. The Labute approximate surface area is 158 Å². The fourth-order valence-electron chi connectivity index (χ4n) is 2.18. The van der Waals surface area contributed by atoms with Crippen LogP contribution in [0.25, 0.3) is 0 Å². The van der Waals surface area contributed by atoms with Gasteiger partial charge in [-0.25, -0.2) is 8.42 Å². The molecule has 0 bridgehead atoms. The van der Waals surface area contributed by atoms with E-state index in [0.717, 1.165) is 18.1 Å². The summed E-state index contributed by atoms with van der Waals surface area (Å²) in [5.41, 5.74) is 0.982. The maximum absolute atomic E-state index is 11.3. The van der Waals surface area contributed by atoms with Crippen LogP contribution in [0, 0.1) is 5.41 Å². The van der Waals surface area contributed by atoms with Crippen LogP contribution >= 0.6 is 0 Å². The number of benzene rings is 1. The van der Waals surface area contributed by atoms with Crippen molar-refractivity contribution in [2.24, 2.45) is 10.4 Å². The zero-order chi connectivity index (χ0) is 19.5. The second-order valence-electron chi connectivity index (χ2n) is 7.20. The van der Waals surface area contributed by atoms with E-state index in [1.54, 1.807) is 0 Å². The molecule has 0 amide bonds. The summed E-state index contributed by atoms with van der Waals surface area (Å²) in [6.45, 7) is 9.23. The molecule has 0 saturated carbocycles. The number of aliphatic imine (C=N–C) groups is 1. The number of hydrogen-bond acceptors (Lipinski definition) is 4. The third-order valence-corrected chi connectivity index (χ3v) is 4.76. The van der Waals surface area contributed by atoms with Gasteiger partial charge in [0.05, 0.1) is 19.0 Å². The van der Waals surface area contributed by atoms with E-state index in [1.165, 1.54) is 6.26 Å². The van der Waals surface area contributed by atoms with Crippen molar-refractivity contribution in [3.63, 3.8) is 0 Å². The molecular formula is C19H33N3O3S. The first-order valence-corrected chi connectivity index (χ1v) is 11.1. The van der Waals surface area contributed by atoms with Crippen molar-refractivity contribution in [2.75, 3.05) is 38.2 Å². The molecule has 0 aromatic heterocycles. The highest BCUT2D eigenvalue weighted by Crippen LogP contribution is 2.21. The van der Waals surface area contributed by atoms with Crippen molar-refractivity contribution in [3.8, 4) is 0 Å². The maximum atomic E-state index is 11.3. The van der Waals surface area contributed by atoms with Gasteiger partial charge < -0.3 is 15.4 Å². The van der Waals surface area contributed by atoms with Crippen molar-refractivity contribution in [1.82, 2.24) is 10.6 Å². The summed E-state index contributed by atoms with van der Waals surface area (Å²) in [7, 11) is -2.95. The van der Waals surface area contributed by atoms with Crippen LogP contribution in [0.1, 0.15) is 32.8 Å². The minimum Gasteiger partial charge on any atom is -0.375 e. The summed E-state index contributed by atoms with van der Waals surface area (Å²) < 4.78 is 28.4. The number of guanidine groups is 1. The smallest absolute Gasteiger partial charge is 0.191 e. The Morgan fingerprint density at radius 1 is 1.19 bits per heavy atom. The molecule has 0 saturated heterocycles. The first-order valence-electron chi connectivity index (χ1n) is 9.03. The monoisotopic (exact) mass is 383 g/mol. The van der Waals surface area contributed by atoms with Crippen LogP contribution < -0.4 is 10.6 Å². The molecule has 6 nitrogen and oxygen atoms in total. The van der Waals surface area contributed by atoms with E-state index in [2.05, 4.69) is 15.6 Å². The van der Waals surface area contributed by atoms with Gasteiger partial charge in [-0.15, -0.1) is 0 Å². The lowest BCUT2D eigenvalue weighted by Crippen LogP contribution is -2.39. The quantitative estimate of drug-likeness (QED) is 0.348. The molecule has 148 valence electrons. The zero-order valence-electron chi connectivity index (χ0n) is 16.4. The van der Waals surface area contributed by atoms with Crippen LogP contribution in [-0.2, 0) is 21.2 Å². The van der Waals surface area contributed by atoms with Gasteiger partial charge in [0, 0.05) is 25.9 Å². The Morgan fingerprint density at radius 2 is 1.88 bits per heavy atom. The largest absolute Gasteiger partial charge is 0.375 e. The SMILES string of the molecule is CCNC(=NCC(C)(C)CCS(C)(=O)=O)NCCOCc1ccccc1. The average molecular weight is 384 g/mol. The third kappa shape index (κ3) is 11.1. The van der Waals surface area contributed by atoms with E-state index < -0.39 is 9.84 Å². The molecule has 0 atom stereocenters. The molecule has 0 spiro atoms. The predicted octanol–water partition coefficient (Wildman–Crippen LogP) is 2.22. The highest BCUT2D eigenvalue weighted by Gasteiger charge is 2.20. The molecule has 1 aromatic rings. The van der Waals surface area contributed by atoms with E-state index in [4.69, 9.17) is 4.74 Å². The van der Waals surface area contributed by atoms with Gasteiger partial charge in [-0.2, -0.15) is 0 Å². The predicted molar refractivity (Wildman–Crippen MR) is 108 cm³/mol. The number of nitrogens with one attached hydrogen (secondary N) is 2. The molecule has 0 aliphatic heterocycles. The standard InChI is InChI=1S/C19H33N3O3S/c1-5-20-18(22-16-19(2,3)11-14-26(4,23)24)21-12-13-25-15-17-9-7-6-8-10-17/h6-10H,5,11-16H2,1-4H3,(H2,20,21,22). The summed E-state index contributed by atoms with van der Waals surface area (Å²) in [5.74, 6) is 0.913. The average Bonchev–Trinajstić information content (AvgIpc) is 2.58. The lowest BCUT2D eigenvalue weighted by molar-refractivity contribution is 0.125. The van der Waals surface area contributed by atoms with Gasteiger partial charge in [-0.3, -0.25) is 4.99 Å². The van der Waals surface area contributed by atoms with Gasteiger partial charge in [-0.1, -0.05) is 44.2 Å². The topological polar surface area (TPSA) is 79.8 Å². The Kier molecular flexibility index (Phi) is 9.65. The highest BCUT2D eigenvalue weighted by molar-refractivity contribution is 7.90. The molecular weight excluding hydrogens is 350 g/mol. The molecule has 2 N–H and O–H groups in total. The van der Waals surface area contributed by atoms with E-state index >= 15 is 0 Å². The highest BCUT2D eigenvalue weighted by atomic mass is 32.2. The normalized spacial score (nSPS) is 12.8. The van der Waals surface area contributed by atoms with Gasteiger partial charge in [0.25, 0.3) is 0 Å². The van der Waals surface area contributed by atoms with Gasteiger partial charge >= 0.3 is 0 Å². The van der Waals surface area contributed by atoms with Crippen LogP contribution in [0.4, 0.5) is 0 Å². The van der Waals surface area contributed by atoms with Gasteiger partial charge in [-0.05, 0) is 24.3 Å². The second kappa shape index (κ2) is 11.2.